The lowest BCUT2D eigenvalue weighted by atomic mass is 9.97. The Morgan fingerprint density at radius 2 is 2.00 bits per heavy atom. The molecule has 10 nitrogen and oxygen atoms in total. The Morgan fingerprint density at radius 3 is 2.52 bits per heavy atom. The molecule has 0 aromatic heterocycles. The van der Waals surface area contributed by atoms with E-state index in [-0.39, 0.29) is 12.7 Å². The predicted octanol–water partition coefficient (Wildman–Crippen LogP) is -2.91. The number of ether oxygens (including phenoxy) is 1. The Hall–Kier alpha value is -0.580. The highest BCUT2D eigenvalue weighted by Gasteiger charge is 2.44. The summed E-state index contributed by atoms with van der Waals surface area (Å²) >= 11 is 0. The van der Waals surface area contributed by atoms with Crippen LogP contribution in [-0.4, -0.2) is 76.1 Å². The van der Waals surface area contributed by atoms with Gasteiger partial charge in [0.2, 0.25) is 5.91 Å². The van der Waals surface area contributed by atoms with Gasteiger partial charge in [-0.2, -0.15) is 0 Å². The molecule has 0 aromatic rings. The van der Waals surface area contributed by atoms with Crippen LogP contribution < -0.4 is 11.1 Å². The summed E-state index contributed by atoms with van der Waals surface area (Å²) in [5.41, 5.74) is 5.15. The number of hydrogen-bond acceptors (Lipinski definition) is 8. The van der Waals surface area contributed by atoms with Crippen LogP contribution in [0.25, 0.3) is 0 Å². The first-order valence-corrected chi connectivity index (χ1v) is 8.07. The number of carbonyl (C=O) groups excluding carboxylic acids is 1. The van der Waals surface area contributed by atoms with Crippen LogP contribution in [0, 0.1) is 0 Å². The van der Waals surface area contributed by atoms with E-state index < -0.39 is 50.8 Å². The maximum Gasteiger partial charge on any atom is 0.329 e. The smallest absolute Gasteiger partial charge is 0.329 e. The monoisotopic (exact) mass is 328 g/mol. The number of rotatable bonds is 6. The normalized spacial score (nSPS) is 36.0. The van der Waals surface area contributed by atoms with E-state index in [4.69, 9.17) is 15.0 Å². The average Bonchev–Trinajstić information content (AvgIpc) is 2.37. The Balaban J connectivity index is 2.63. The summed E-state index contributed by atoms with van der Waals surface area (Å²) in [6.07, 6.45) is -6.11. The van der Waals surface area contributed by atoms with Crippen LogP contribution in [0.1, 0.15) is 6.92 Å². The van der Waals surface area contributed by atoms with Gasteiger partial charge in [0.1, 0.15) is 24.4 Å². The summed E-state index contributed by atoms with van der Waals surface area (Å²) in [5.74, 6) is -0.522. The van der Waals surface area contributed by atoms with E-state index in [1.165, 1.54) is 6.92 Å². The van der Waals surface area contributed by atoms with Gasteiger partial charge in [-0.05, 0) is 0 Å². The molecule has 0 aliphatic carbocycles. The molecule has 7 N–H and O–H groups in total. The third kappa shape index (κ3) is 5.28. The fraction of sp³-hybridized carbons (Fsp3) is 0.900. The molecule has 1 fully saturated rings. The lowest BCUT2D eigenvalue weighted by Gasteiger charge is -2.40. The standard InChI is InChI=1S/C10H21N2O8P/c1-5(13)12-7-9(15)8(14)6(20-10(7)16)4-19-21(17,18)3-2-11/h6-10,14-16H,2-4,11H2,1H3,(H,12,13)(H,17,18)/t6-,7-,8+,9-,10+/m1/s1. The lowest BCUT2D eigenvalue weighted by molar-refractivity contribution is -0.252. The van der Waals surface area contributed by atoms with Crippen molar-refractivity contribution in [3.05, 3.63) is 0 Å². The zero-order valence-corrected chi connectivity index (χ0v) is 12.3. The maximum atomic E-state index is 11.5. The number of nitrogens with one attached hydrogen (secondary N) is 1. The molecule has 1 heterocycles. The highest BCUT2D eigenvalue weighted by Crippen LogP contribution is 2.41. The fourth-order valence-electron chi connectivity index (χ4n) is 1.89. The minimum atomic E-state index is -3.91. The summed E-state index contributed by atoms with van der Waals surface area (Å²) in [7, 11) is -3.91. The summed E-state index contributed by atoms with van der Waals surface area (Å²) in [5, 5.41) is 31.6. The van der Waals surface area contributed by atoms with E-state index in [0.717, 1.165) is 0 Å². The van der Waals surface area contributed by atoms with Crippen LogP contribution >= 0.6 is 7.60 Å². The number of aliphatic hydroxyl groups is 3. The van der Waals surface area contributed by atoms with Crippen LogP contribution in [-0.2, 0) is 18.6 Å². The molecule has 1 rings (SSSR count). The molecular formula is C10H21N2O8P. The molecule has 1 aliphatic rings. The lowest BCUT2D eigenvalue weighted by Crippen LogP contribution is -2.64. The van der Waals surface area contributed by atoms with E-state index >= 15 is 0 Å². The van der Waals surface area contributed by atoms with Gasteiger partial charge in [0.05, 0.1) is 12.8 Å². The molecule has 124 valence electrons. The van der Waals surface area contributed by atoms with E-state index in [2.05, 4.69) is 5.32 Å². The summed E-state index contributed by atoms with van der Waals surface area (Å²) in [4.78, 5) is 20.3. The first-order chi connectivity index (χ1) is 9.68. The quantitative estimate of drug-likeness (QED) is 0.279. The predicted molar refractivity (Wildman–Crippen MR) is 70.2 cm³/mol. The van der Waals surface area contributed by atoms with Crippen molar-refractivity contribution in [3.63, 3.8) is 0 Å². The van der Waals surface area contributed by atoms with Crippen molar-refractivity contribution in [1.82, 2.24) is 5.32 Å². The highest BCUT2D eigenvalue weighted by atomic mass is 31.2. The van der Waals surface area contributed by atoms with E-state index in [1.807, 2.05) is 0 Å². The van der Waals surface area contributed by atoms with Crippen molar-refractivity contribution in [2.45, 2.75) is 37.6 Å². The Morgan fingerprint density at radius 1 is 1.38 bits per heavy atom. The molecule has 11 heteroatoms. The summed E-state index contributed by atoms with van der Waals surface area (Å²) in [6.45, 7) is 0.601. The second-order valence-electron chi connectivity index (χ2n) is 4.72. The van der Waals surface area contributed by atoms with Crippen molar-refractivity contribution >= 4 is 13.5 Å². The van der Waals surface area contributed by atoms with Gasteiger partial charge >= 0.3 is 7.60 Å². The number of amides is 1. The molecule has 21 heavy (non-hydrogen) atoms. The second kappa shape index (κ2) is 7.61. The Kier molecular flexibility index (Phi) is 6.70. The van der Waals surface area contributed by atoms with Gasteiger partial charge in [-0.3, -0.25) is 9.36 Å². The van der Waals surface area contributed by atoms with Gasteiger partial charge in [-0.25, -0.2) is 0 Å². The number of carbonyl (C=O) groups is 1. The molecule has 0 bridgehead atoms. The first kappa shape index (κ1) is 18.5. The van der Waals surface area contributed by atoms with Crippen LogP contribution in [0.4, 0.5) is 0 Å². The minimum Gasteiger partial charge on any atom is -0.388 e. The van der Waals surface area contributed by atoms with Crippen LogP contribution in [0.3, 0.4) is 0 Å². The zero-order valence-electron chi connectivity index (χ0n) is 11.5. The molecule has 1 saturated heterocycles. The molecule has 0 saturated carbocycles. The van der Waals surface area contributed by atoms with Crippen LogP contribution in [0.2, 0.25) is 0 Å². The Labute approximate surface area is 121 Å². The van der Waals surface area contributed by atoms with Crippen molar-refractivity contribution in [3.8, 4) is 0 Å². The van der Waals surface area contributed by atoms with Crippen molar-refractivity contribution < 1.29 is 38.8 Å². The number of aliphatic hydroxyl groups excluding tert-OH is 3. The van der Waals surface area contributed by atoms with Gasteiger partial charge in [0, 0.05) is 13.5 Å². The Bertz CT molecular complexity index is 409. The third-order valence-electron chi connectivity index (χ3n) is 2.94. The van der Waals surface area contributed by atoms with E-state index in [9.17, 15) is 29.6 Å². The zero-order chi connectivity index (χ0) is 16.2. The summed E-state index contributed by atoms with van der Waals surface area (Å²) in [6, 6.07) is -1.21. The van der Waals surface area contributed by atoms with Crippen molar-refractivity contribution in [1.29, 1.82) is 0 Å². The largest absolute Gasteiger partial charge is 0.388 e. The molecule has 0 radical (unpaired) electrons. The average molecular weight is 328 g/mol. The van der Waals surface area contributed by atoms with E-state index in [0.29, 0.717) is 0 Å². The molecule has 0 aromatic carbocycles. The van der Waals surface area contributed by atoms with Crippen LogP contribution in [0.5, 0.6) is 0 Å². The third-order valence-corrected chi connectivity index (χ3v) is 4.32. The first-order valence-electron chi connectivity index (χ1n) is 6.31. The highest BCUT2D eigenvalue weighted by molar-refractivity contribution is 7.52. The molecule has 1 unspecified atom stereocenters. The maximum absolute atomic E-state index is 11.5. The fourth-order valence-corrected chi connectivity index (χ4v) is 2.73. The SMILES string of the molecule is CC(=O)N[C@@H]1[C@@H](O)[C@@H](O)[C@@H](COP(=O)(O)CCN)O[C@@H]1O. The molecular weight excluding hydrogens is 307 g/mol. The van der Waals surface area contributed by atoms with Crippen molar-refractivity contribution in [2.24, 2.45) is 5.73 Å². The van der Waals surface area contributed by atoms with Gasteiger partial charge in [0.15, 0.2) is 6.29 Å². The summed E-state index contributed by atoms with van der Waals surface area (Å²) < 4.78 is 21.2. The molecule has 6 atom stereocenters. The van der Waals surface area contributed by atoms with Gasteiger partial charge in [-0.15, -0.1) is 0 Å². The van der Waals surface area contributed by atoms with E-state index in [1.54, 1.807) is 0 Å². The second-order valence-corrected chi connectivity index (χ2v) is 6.70. The van der Waals surface area contributed by atoms with Gasteiger partial charge in [-0.1, -0.05) is 0 Å². The topological polar surface area (TPSA) is 172 Å². The molecule has 1 aliphatic heterocycles. The molecule has 1 amide bonds. The molecule has 0 spiro atoms. The van der Waals surface area contributed by atoms with Gasteiger partial charge in [0.25, 0.3) is 0 Å². The van der Waals surface area contributed by atoms with Gasteiger partial charge < -0.3 is 40.5 Å². The van der Waals surface area contributed by atoms with Crippen molar-refractivity contribution in [2.75, 3.05) is 19.3 Å². The van der Waals surface area contributed by atoms with Crippen LogP contribution in [0.15, 0.2) is 0 Å². The number of nitrogens with two attached hydrogens (primary N) is 1. The minimum absolute atomic E-state index is 0.0578. The number of hydrogen-bond donors (Lipinski definition) is 6.